The van der Waals surface area contributed by atoms with Gasteiger partial charge in [-0.2, -0.15) is 0 Å². The van der Waals surface area contributed by atoms with E-state index in [0.717, 1.165) is 0 Å². The van der Waals surface area contributed by atoms with Crippen molar-refractivity contribution in [3.05, 3.63) is 0 Å². The Hall–Kier alpha value is 2.90. The van der Waals surface area contributed by atoms with Gasteiger partial charge in [-0.05, 0) is 0 Å². The molecule has 0 aliphatic carbocycles. The molecule has 0 fully saturated rings. The van der Waals surface area contributed by atoms with Crippen LogP contribution < -0.4 is 0 Å². The summed E-state index contributed by atoms with van der Waals surface area (Å²) in [5.74, 6) is 0. The van der Waals surface area contributed by atoms with Crippen molar-refractivity contribution in [2.24, 2.45) is 0 Å². The van der Waals surface area contributed by atoms with Gasteiger partial charge in [0.2, 0.25) is 0 Å². The SMILES string of the molecule is CC[CH2][Ti]([I])([I])[I]. The number of rotatable bonds is 2. The molecule has 0 saturated heterocycles. The van der Waals surface area contributed by atoms with Crippen molar-refractivity contribution in [2.75, 3.05) is 0 Å². The van der Waals surface area contributed by atoms with Gasteiger partial charge in [0.25, 0.3) is 0 Å². The van der Waals surface area contributed by atoms with Crippen LogP contribution in [-0.2, 0) is 5.34 Å². The molecule has 0 saturated carbocycles. The molecule has 0 unspecified atom stereocenters. The van der Waals surface area contributed by atoms with Crippen LogP contribution in [0.3, 0.4) is 0 Å². The molecule has 44 valence electrons. The molecule has 0 heterocycles. The average molecular weight is 472 g/mol. The van der Waals surface area contributed by atoms with Crippen LogP contribution in [0.4, 0.5) is 0 Å². The summed E-state index contributed by atoms with van der Waals surface area (Å²) in [4.78, 5) is 0. The van der Waals surface area contributed by atoms with E-state index in [-0.39, 0.29) is 0 Å². The van der Waals surface area contributed by atoms with Crippen LogP contribution in [0.25, 0.3) is 0 Å². The fourth-order valence-electron chi connectivity index (χ4n) is 0.283. The van der Waals surface area contributed by atoms with E-state index < -0.39 is 5.34 Å². The van der Waals surface area contributed by atoms with Crippen LogP contribution in [0.15, 0.2) is 0 Å². The molecule has 0 aromatic rings. The van der Waals surface area contributed by atoms with Gasteiger partial charge in [-0.1, -0.05) is 0 Å². The van der Waals surface area contributed by atoms with Gasteiger partial charge in [-0.3, -0.25) is 0 Å². The normalized spacial score (nSPS) is 12.0. The number of hydrogen-bond acceptors (Lipinski definition) is 0. The molecule has 0 rings (SSSR count). The zero-order chi connectivity index (χ0) is 5.91. The molecule has 0 aromatic carbocycles. The Morgan fingerprint density at radius 3 is 1.71 bits per heavy atom. The molecular formula is C3H7I3Ti. The Balaban J connectivity index is 3.15. The summed E-state index contributed by atoms with van der Waals surface area (Å²) in [5.41, 5.74) is 0. The Kier molecular flexibility index (Phi) is 6.62. The van der Waals surface area contributed by atoms with Gasteiger partial charge in [0.15, 0.2) is 0 Å². The first kappa shape index (κ1) is 9.90. The molecule has 0 nitrogen and oxygen atoms in total. The van der Waals surface area contributed by atoms with Gasteiger partial charge in [-0.25, -0.2) is 0 Å². The quantitative estimate of drug-likeness (QED) is 0.422. The molecule has 0 aromatic heterocycles. The zero-order valence-electron chi connectivity index (χ0n) is 4.05. The van der Waals surface area contributed by atoms with Crippen molar-refractivity contribution in [3.8, 4) is 0 Å². The molecule has 0 atom stereocenters. The average Bonchev–Trinajstić information content (AvgIpc) is 1.30. The summed E-state index contributed by atoms with van der Waals surface area (Å²) < 4.78 is 1.49. The first-order valence-corrected chi connectivity index (χ1v) is 18.3. The van der Waals surface area contributed by atoms with Gasteiger partial charge >= 0.3 is 81.0 Å². The van der Waals surface area contributed by atoms with Crippen molar-refractivity contribution in [1.29, 1.82) is 0 Å². The first-order chi connectivity index (χ1) is 3.06. The minimum atomic E-state index is -1.17. The number of halogens is 3. The maximum atomic E-state index is 2.64. The van der Waals surface area contributed by atoms with Gasteiger partial charge in [0.05, 0.1) is 0 Å². The van der Waals surface area contributed by atoms with Gasteiger partial charge in [0, 0.05) is 0 Å². The van der Waals surface area contributed by atoms with E-state index in [0.29, 0.717) is 0 Å². The standard InChI is InChI=1S/C3H7.3HI.Ti/c1-3-2;;;;/h1,3H2,2H3;3*1H;/q;;;;+3/p-3. The molecule has 0 bridgehead atoms. The van der Waals surface area contributed by atoms with Crippen molar-refractivity contribution >= 4 is 57.6 Å². The predicted octanol–water partition coefficient (Wildman–Crippen LogP) is 4.02. The second-order valence-corrected chi connectivity index (χ2v) is 52.4. The topological polar surface area (TPSA) is 0 Å². The van der Waals surface area contributed by atoms with Gasteiger partial charge < -0.3 is 0 Å². The van der Waals surface area contributed by atoms with Crippen molar-refractivity contribution < 1.29 is 5.34 Å². The van der Waals surface area contributed by atoms with Gasteiger partial charge in [-0.15, -0.1) is 0 Å². The van der Waals surface area contributed by atoms with Crippen molar-refractivity contribution in [2.45, 2.75) is 18.1 Å². The summed E-state index contributed by atoms with van der Waals surface area (Å²) in [7, 11) is 0. The first-order valence-electron chi connectivity index (χ1n) is 2.13. The van der Waals surface area contributed by atoms with Crippen LogP contribution in [0.1, 0.15) is 13.3 Å². The zero-order valence-corrected chi connectivity index (χ0v) is 12.1. The van der Waals surface area contributed by atoms with Crippen molar-refractivity contribution in [3.63, 3.8) is 0 Å². The molecule has 0 radical (unpaired) electrons. The molecule has 0 aliphatic heterocycles. The van der Waals surface area contributed by atoms with E-state index in [9.17, 15) is 0 Å². The third kappa shape index (κ3) is 8.90. The van der Waals surface area contributed by atoms with Crippen LogP contribution in [-0.4, -0.2) is 0 Å². The fraction of sp³-hybridized carbons (Fsp3) is 1.00. The Bertz CT molecular complexity index is 48.6. The summed E-state index contributed by atoms with van der Waals surface area (Å²) >= 11 is 7.91. The second kappa shape index (κ2) is 4.68. The van der Waals surface area contributed by atoms with Crippen LogP contribution in [0.5, 0.6) is 0 Å². The summed E-state index contributed by atoms with van der Waals surface area (Å²) in [6.07, 6.45) is 1.37. The molecule has 7 heavy (non-hydrogen) atoms. The molecule has 0 spiro atoms. The van der Waals surface area contributed by atoms with Gasteiger partial charge in [0.1, 0.15) is 0 Å². The van der Waals surface area contributed by atoms with E-state index in [1.807, 2.05) is 0 Å². The molecule has 0 aliphatic rings. The number of hydrogen-bond donors (Lipinski definition) is 0. The third-order valence-corrected chi connectivity index (χ3v) is 8.87. The third-order valence-electron chi connectivity index (χ3n) is 0.533. The van der Waals surface area contributed by atoms with E-state index in [4.69, 9.17) is 0 Å². The molecule has 4 heteroatoms. The van der Waals surface area contributed by atoms with Crippen molar-refractivity contribution in [1.82, 2.24) is 0 Å². The van der Waals surface area contributed by atoms with Crippen LogP contribution in [0, 0.1) is 0 Å². The van der Waals surface area contributed by atoms with E-state index in [1.165, 1.54) is 11.1 Å². The summed E-state index contributed by atoms with van der Waals surface area (Å²) in [6, 6.07) is 0. The molecule has 0 amide bonds. The summed E-state index contributed by atoms with van der Waals surface area (Å²) in [5, 5.41) is -1.17. The fourth-order valence-corrected chi connectivity index (χ4v) is 7.84. The Morgan fingerprint density at radius 1 is 1.29 bits per heavy atom. The monoisotopic (exact) mass is 472 g/mol. The molecular weight excluding hydrogens is 465 g/mol. The van der Waals surface area contributed by atoms with E-state index in [2.05, 4.69) is 64.5 Å². The second-order valence-electron chi connectivity index (χ2n) is 1.37. The van der Waals surface area contributed by atoms with E-state index in [1.54, 1.807) is 0 Å². The predicted molar refractivity (Wildman–Crippen MR) is 57.2 cm³/mol. The Labute approximate surface area is 79.0 Å². The Morgan fingerprint density at radius 2 is 1.71 bits per heavy atom. The maximum absolute atomic E-state index is 2.64. The minimum absolute atomic E-state index is 1.17. The summed E-state index contributed by atoms with van der Waals surface area (Å²) in [6.45, 7) is 2.26. The van der Waals surface area contributed by atoms with Crippen LogP contribution in [0.2, 0.25) is 4.73 Å². The molecule has 0 N–H and O–H groups in total. The van der Waals surface area contributed by atoms with Crippen LogP contribution >= 0.6 is 57.6 Å². The van der Waals surface area contributed by atoms with E-state index >= 15 is 0 Å².